The topological polar surface area (TPSA) is 55.4 Å². The van der Waals surface area contributed by atoms with Crippen molar-refractivity contribution in [2.24, 2.45) is 0 Å². The molecule has 0 amide bonds. The van der Waals surface area contributed by atoms with Crippen LogP contribution in [0, 0.1) is 0 Å². The fourth-order valence-corrected chi connectivity index (χ4v) is 2.45. The second-order valence-electron chi connectivity index (χ2n) is 4.90. The lowest BCUT2D eigenvalue weighted by molar-refractivity contribution is 0.518. The summed E-state index contributed by atoms with van der Waals surface area (Å²) in [4.78, 5) is 4.64. The fourth-order valence-electron chi connectivity index (χ4n) is 2.45. The number of nitrogens with zero attached hydrogens (tertiary/aromatic N) is 3. The third-order valence-electron chi connectivity index (χ3n) is 3.45. The summed E-state index contributed by atoms with van der Waals surface area (Å²) in [6.07, 6.45) is 3.43. The van der Waals surface area contributed by atoms with Crippen molar-refractivity contribution < 1.29 is 4.42 Å². The monoisotopic (exact) mass is 290 g/mol. The van der Waals surface area contributed by atoms with E-state index in [9.17, 15) is 0 Å². The Hall–Kier alpha value is -3.08. The summed E-state index contributed by atoms with van der Waals surface area (Å²) in [6.45, 7) is 0.580. The molecule has 0 aliphatic rings. The highest BCUT2D eigenvalue weighted by Crippen LogP contribution is 2.28. The van der Waals surface area contributed by atoms with Crippen LogP contribution in [0.25, 0.3) is 16.9 Å². The van der Waals surface area contributed by atoms with Gasteiger partial charge in [-0.25, -0.2) is 9.50 Å². The Labute approximate surface area is 127 Å². The van der Waals surface area contributed by atoms with Crippen LogP contribution in [0.15, 0.2) is 71.5 Å². The van der Waals surface area contributed by atoms with Crippen molar-refractivity contribution in [1.82, 2.24) is 14.6 Å². The largest absolute Gasteiger partial charge is 0.467 e. The molecule has 4 aromatic rings. The molecule has 0 bridgehead atoms. The number of benzene rings is 1. The number of fused-ring (bicyclic) bond motifs is 1. The molecular formula is C17H14N4O. The van der Waals surface area contributed by atoms with Crippen LogP contribution < -0.4 is 5.32 Å². The first-order valence-corrected chi connectivity index (χ1v) is 7.07. The predicted molar refractivity (Wildman–Crippen MR) is 84.5 cm³/mol. The molecule has 0 unspecified atom stereocenters. The minimum atomic E-state index is 0.580. The van der Waals surface area contributed by atoms with Crippen molar-refractivity contribution in [1.29, 1.82) is 0 Å². The van der Waals surface area contributed by atoms with E-state index >= 15 is 0 Å². The summed E-state index contributed by atoms with van der Waals surface area (Å²) in [5.74, 6) is 1.66. The average Bonchev–Trinajstić information content (AvgIpc) is 3.21. The molecule has 5 heteroatoms. The second-order valence-corrected chi connectivity index (χ2v) is 4.90. The molecule has 0 aliphatic heterocycles. The van der Waals surface area contributed by atoms with Crippen LogP contribution in [-0.4, -0.2) is 14.6 Å². The molecule has 0 saturated heterocycles. The van der Waals surface area contributed by atoms with Gasteiger partial charge in [0.1, 0.15) is 11.5 Å². The zero-order valence-electron chi connectivity index (χ0n) is 11.8. The van der Waals surface area contributed by atoms with E-state index in [-0.39, 0.29) is 0 Å². The van der Waals surface area contributed by atoms with Gasteiger partial charge < -0.3 is 9.73 Å². The van der Waals surface area contributed by atoms with E-state index in [4.69, 9.17) is 4.42 Å². The Kier molecular flexibility index (Phi) is 3.08. The van der Waals surface area contributed by atoms with E-state index in [1.165, 1.54) is 0 Å². The van der Waals surface area contributed by atoms with Gasteiger partial charge in [0.2, 0.25) is 0 Å². The molecule has 0 atom stereocenters. The summed E-state index contributed by atoms with van der Waals surface area (Å²) >= 11 is 0. The summed E-state index contributed by atoms with van der Waals surface area (Å²) in [5, 5.41) is 7.75. The Balaban J connectivity index is 1.79. The highest BCUT2D eigenvalue weighted by Gasteiger charge is 2.14. The van der Waals surface area contributed by atoms with Crippen molar-refractivity contribution in [3.8, 4) is 11.3 Å². The van der Waals surface area contributed by atoms with E-state index in [0.717, 1.165) is 28.5 Å². The van der Waals surface area contributed by atoms with Crippen molar-refractivity contribution in [2.45, 2.75) is 6.54 Å². The molecule has 0 fully saturated rings. The molecule has 3 heterocycles. The van der Waals surface area contributed by atoms with Crippen LogP contribution in [0.3, 0.4) is 0 Å². The molecule has 5 nitrogen and oxygen atoms in total. The van der Waals surface area contributed by atoms with Crippen molar-refractivity contribution in [3.05, 3.63) is 72.8 Å². The number of nitrogens with one attached hydrogen (secondary N) is 1. The van der Waals surface area contributed by atoms with E-state index in [0.29, 0.717) is 6.54 Å². The number of anilines is 1. The lowest BCUT2D eigenvalue weighted by atomic mass is 10.1. The Morgan fingerprint density at radius 1 is 1.00 bits per heavy atom. The number of hydrogen-bond donors (Lipinski definition) is 1. The standard InChI is InChI=1S/C17H14N4O/c1-2-6-13(7-3-1)16-17(18-12-14-8-5-11-22-14)20-15-9-4-10-19-21(15)16/h1-11,18H,12H2. The predicted octanol–water partition coefficient (Wildman–Crippen LogP) is 3.60. The van der Waals surface area contributed by atoms with Gasteiger partial charge in [-0.2, -0.15) is 5.10 Å². The van der Waals surface area contributed by atoms with Crippen molar-refractivity contribution >= 4 is 11.5 Å². The van der Waals surface area contributed by atoms with Gasteiger partial charge in [0.25, 0.3) is 0 Å². The number of imidazole rings is 1. The normalized spacial score (nSPS) is 10.9. The third kappa shape index (κ3) is 2.22. The lowest BCUT2D eigenvalue weighted by Gasteiger charge is -2.06. The van der Waals surface area contributed by atoms with Gasteiger partial charge in [-0.1, -0.05) is 30.3 Å². The lowest BCUT2D eigenvalue weighted by Crippen LogP contribution is -2.01. The van der Waals surface area contributed by atoms with Crippen molar-refractivity contribution in [2.75, 3.05) is 5.32 Å². The van der Waals surface area contributed by atoms with Gasteiger partial charge in [-0.3, -0.25) is 0 Å². The molecule has 3 aromatic heterocycles. The Morgan fingerprint density at radius 2 is 1.91 bits per heavy atom. The first-order valence-electron chi connectivity index (χ1n) is 7.07. The maximum absolute atomic E-state index is 5.36. The van der Waals surface area contributed by atoms with Gasteiger partial charge in [0.05, 0.1) is 12.8 Å². The molecule has 0 spiro atoms. The molecule has 0 saturated carbocycles. The van der Waals surface area contributed by atoms with E-state index < -0.39 is 0 Å². The van der Waals surface area contributed by atoms with Crippen LogP contribution in [-0.2, 0) is 6.54 Å². The van der Waals surface area contributed by atoms with Gasteiger partial charge in [-0.05, 0) is 24.3 Å². The molecule has 4 rings (SSSR count). The molecule has 1 N–H and O–H groups in total. The smallest absolute Gasteiger partial charge is 0.156 e. The van der Waals surface area contributed by atoms with Crippen LogP contribution in [0.2, 0.25) is 0 Å². The molecule has 108 valence electrons. The van der Waals surface area contributed by atoms with Gasteiger partial charge in [0, 0.05) is 11.8 Å². The molecule has 0 radical (unpaired) electrons. The summed E-state index contributed by atoms with van der Waals surface area (Å²) in [7, 11) is 0. The zero-order valence-corrected chi connectivity index (χ0v) is 11.8. The number of rotatable bonds is 4. The molecular weight excluding hydrogens is 276 g/mol. The van der Waals surface area contributed by atoms with Crippen molar-refractivity contribution in [3.63, 3.8) is 0 Å². The summed E-state index contributed by atoms with van der Waals surface area (Å²) in [6, 6.07) is 17.7. The maximum Gasteiger partial charge on any atom is 0.156 e. The van der Waals surface area contributed by atoms with Gasteiger partial charge in [-0.15, -0.1) is 0 Å². The van der Waals surface area contributed by atoms with Gasteiger partial charge in [0.15, 0.2) is 11.5 Å². The summed E-state index contributed by atoms with van der Waals surface area (Å²) in [5.41, 5.74) is 2.82. The number of furan rings is 1. The van der Waals surface area contributed by atoms with Crippen LogP contribution >= 0.6 is 0 Å². The minimum Gasteiger partial charge on any atom is -0.467 e. The second kappa shape index (κ2) is 5.37. The van der Waals surface area contributed by atoms with E-state index in [1.807, 2.05) is 47.0 Å². The minimum absolute atomic E-state index is 0.580. The zero-order chi connectivity index (χ0) is 14.8. The third-order valence-corrected chi connectivity index (χ3v) is 3.45. The van der Waals surface area contributed by atoms with Gasteiger partial charge >= 0.3 is 0 Å². The Morgan fingerprint density at radius 3 is 2.73 bits per heavy atom. The highest BCUT2D eigenvalue weighted by atomic mass is 16.3. The van der Waals surface area contributed by atoms with E-state index in [1.54, 1.807) is 12.5 Å². The first-order chi connectivity index (χ1) is 10.9. The fraction of sp³-hybridized carbons (Fsp3) is 0.0588. The van der Waals surface area contributed by atoms with Crippen LogP contribution in [0.1, 0.15) is 5.76 Å². The maximum atomic E-state index is 5.36. The molecule has 22 heavy (non-hydrogen) atoms. The van der Waals surface area contributed by atoms with E-state index in [2.05, 4.69) is 27.5 Å². The number of hydrogen-bond acceptors (Lipinski definition) is 4. The highest BCUT2D eigenvalue weighted by molar-refractivity contribution is 5.76. The Bertz CT molecular complexity index is 882. The summed E-state index contributed by atoms with van der Waals surface area (Å²) < 4.78 is 7.21. The molecule has 1 aromatic carbocycles. The molecule has 0 aliphatic carbocycles. The average molecular weight is 290 g/mol. The SMILES string of the molecule is c1ccc(-c2c(NCc3ccco3)nc3cccnn23)cc1. The first kappa shape index (κ1) is 12.6. The number of aromatic nitrogens is 3. The van der Waals surface area contributed by atoms with Crippen LogP contribution in [0.5, 0.6) is 0 Å². The van der Waals surface area contributed by atoms with Crippen LogP contribution in [0.4, 0.5) is 5.82 Å². The quantitative estimate of drug-likeness (QED) is 0.624.